The van der Waals surface area contributed by atoms with Gasteiger partial charge in [0, 0.05) is 18.7 Å². The summed E-state index contributed by atoms with van der Waals surface area (Å²) in [6.07, 6.45) is 1.85. The third-order valence-corrected chi connectivity index (χ3v) is 3.87. The zero-order chi connectivity index (χ0) is 16.2. The first-order valence-corrected chi connectivity index (χ1v) is 7.53. The van der Waals surface area contributed by atoms with Gasteiger partial charge in [-0.2, -0.15) is 0 Å². The monoisotopic (exact) mass is 315 g/mol. The van der Waals surface area contributed by atoms with E-state index in [0.717, 1.165) is 29.8 Å². The maximum absolute atomic E-state index is 13.1. The second-order valence-corrected chi connectivity index (χ2v) is 5.39. The number of anilines is 1. The molecule has 0 spiro atoms. The Morgan fingerprint density at radius 1 is 1.22 bits per heavy atom. The van der Waals surface area contributed by atoms with Crippen LogP contribution in [0.2, 0.25) is 0 Å². The highest BCUT2D eigenvalue weighted by atomic mass is 19.1. The van der Waals surface area contributed by atoms with Crippen LogP contribution in [0.5, 0.6) is 11.5 Å². The van der Waals surface area contributed by atoms with Gasteiger partial charge < -0.3 is 14.4 Å². The van der Waals surface area contributed by atoms with E-state index in [0.29, 0.717) is 12.3 Å². The third-order valence-electron chi connectivity index (χ3n) is 3.87. The summed E-state index contributed by atoms with van der Waals surface area (Å²) in [7, 11) is 1.60. The van der Waals surface area contributed by atoms with Crippen molar-refractivity contribution >= 4 is 11.6 Å². The van der Waals surface area contributed by atoms with Crippen molar-refractivity contribution in [1.82, 2.24) is 0 Å². The Morgan fingerprint density at radius 2 is 2.09 bits per heavy atom. The molecule has 1 aliphatic heterocycles. The van der Waals surface area contributed by atoms with Gasteiger partial charge in [-0.1, -0.05) is 12.1 Å². The van der Waals surface area contributed by atoms with Crippen molar-refractivity contribution in [1.29, 1.82) is 0 Å². The van der Waals surface area contributed by atoms with E-state index < -0.39 is 0 Å². The highest BCUT2D eigenvalue weighted by Crippen LogP contribution is 2.31. The molecular formula is C18H18FNO3. The molecule has 0 radical (unpaired) electrons. The van der Waals surface area contributed by atoms with Crippen LogP contribution >= 0.6 is 0 Å². The van der Waals surface area contributed by atoms with Gasteiger partial charge in [-0.15, -0.1) is 0 Å². The molecule has 0 atom stereocenters. The second-order valence-electron chi connectivity index (χ2n) is 5.39. The van der Waals surface area contributed by atoms with Gasteiger partial charge >= 0.3 is 0 Å². The van der Waals surface area contributed by atoms with Gasteiger partial charge in [0.1, 0.15) is 17.3 Å². The Balaban J connectivity index is 1.73. The number of fused-ring (bicyclic) bond motifs is 1. The fraction of sp³-hybridized carbons (Fsp3) is 0.278. The van der Waals surface area contributed by atoms with E-state index in [4.69, 9.17) is 9.47 Å². The highest BCUT2D eigenvalue weighted by Gasteiger charge is 2.23. The van der Waals surface area contributed by atoms with Crippen molar-refractivity contribution in [2.45, 2.75) is 12.8 Å². The second kappa shape index (κ2) is 6.69. The van der Waals surface area contributed by atoms with Gasteiger partial charge in [0.15, 0.2) is 6.61 Å². The average molecular weight is 315 g/mol. The number of halogens is 1. The van der Waals surface area contributed by atoms with E-state index >= 15 is 0 Å². The number of hydrogen-bond acceptors (Lipinski definition) is 3. The normalized spacial score (nSPS) is 13.4. The van der Waals surface area contributed by atoms with Crippen molar-refractivity contribution in [2.75, 3.05) is 25.2 Å². The largest absolute Gasteiger partial charge is 0.497 e. The van der Waals surface area contributed by atoms with Gasteiger partial charge in [-0.3, -0.25) is 4.79 Å². The minimum atomic E-state index is -0.386. The molecule has 2 aromatic rings. The maximum atomic E-state index is 13.1. The summed E-state index contributed by atoms with van der Waals surface area (Å²) in [5, 5.41) is 0. The molecule has 23 heavy (non-hydrogen) atoms. The van der Waals surface area contributed by atoms with Gasteiger partial charge in [-0.05, 0) is 36.6 Å². The van der Waals surface area contributed by atoms with Gasteiger partial charge in [0.2, 0.25) is 0 Å². The number of carbonyl (C=O) groups excluding carboxylic acids is 1. The van der Waals surface area contributed by atoms with E-state index in [1.807, 2.05) is 18.2 Å². The zero-order valence-corrected chi connectivity index (χ0v) is 12.9. The Labute approximate surface area is 134 Å². The first-order valence-electron chi connectivity index (χ1n) is 7.53. The Bertz CT molecular complexity index is 717. The number of carbonyl (C=O) groups is 1. The summed E-state index contributed by atoms with van der Waals surface area (Å²) in [4.78, 5) is 14.2. The number of rotatable bonds is 4. The van der Waals surface area contributed by atoms with Crippen molar-refractivity contribution in [3.05, 3.63) is 53.8 Å². The van der Waals surface area contributed by atoms with Gasteiger partial charge in [0.05, 0.1) is 12.8 Å². The van der Waals surface area contributed by atoms with Crippen LogP contribution in [0.1, 0.15) is 12.0 Å². The number of hydrogen-bond donors (Lipinski definition) is 0. The van der Waals surface area contributed by atoms with E-state index in [1.165, 1.54) is 12.1 Å². The first-order chi connectivity index (χ1) is 11.2. The van der Waals surface area contributed by atoms with Crippen molar-refractivity contribution in [2.24, 2.45) is 0 Å². The molecule has 0 N–H and O–H groups in total. The summed E-state index contributed by atoms with van der Waals surface area (Å²) in [5.41, 5.74) is 1.99. The van der Waals surface area contributed by atoms with Gasteiger partial charge in [0.25, 0.3) is 5.91 Å². The molecule has 0 fully saturated rings. The lowest BCUT2D eigenvalue weighted by Gasteiger charge is -2.29. The molecule has 0 unspecified atom stereocenters. The lowest BCUT2D eigenvalue weighted by atomic mass is 10.0. The number of nitrogens with zero attached hydrogens (tertiary/aromatic N) is 1. The predicted molar refractivity (Wildman–Crippen MR) is 85.6 cm³/mol. The minimum absolute atomic E-state index is 0.125. The molecule has 2 aromatic carbocycles. The van der Waals surface area contributed by atoms with Crippen LogP contribution in [0, 0.1) is 5.82 Å². The van der Waals surface area contributed by atoms with Crippen LogP contribution < -0.4 is 14.4 Å². The smallest absolute Gasteiger partial charge is 0.264 e. The molecule has 120 valence electrons. The number of aryl methyl sites for hydroxylation is 1. The van der Waals surface area contributed by atoms with Crippen LogP contribution in [0.15, 0.2) is 42.5 Å². The predicted octanol–water partition coefficient (Wildman–Crippen LogP) is 3.19. The van der Waals surface area contributed by atoms with Crippen molar-refractivity contribution in [3.8, 4) is 11.5 Å². The molecule has 1 aliphatic rings. The molecule has 0 bridgehead atoms. The van der Waals surface area contributed by atoms with Gasteiger partial charge in [-0.25, -0.2) is 4.39 Å². The topological polar surface area (TPSA) is 38.8 Å². The Kier molecular flexibility index (Phi) is 4.46. The molecule has 4 nitrogen and oxygen atoms in total. The summed E-state index contributed by atoms with van der Waals surface area (Å²) in [5.74, 6) is 0.530. The SMILES string of the molecule is COc1ccc2c(c1)N(C(=O)COc1cccc(F)c1)CCC2. The van der Waals surface area contributed by atoms with Crippen molar-refractivity contribution < 1.29 is 18.7 Å². The molecule has 0 saturated carbocycles. The molecule has 1 amide bonds. The summed E-state index contributed by atoms with van der Waals surface area (Å²) < 4.78 is 23.8. The van der Waals surface area contributed by atoms with Crippen molar-refractivity contribution in [3.63, 3.8) is 0 Å². The van der Waals surface area contributed by atoms with E-state index in [1.54, 1.807) is 24.1 Å². The lowest BCUT2D eigenvalue weighted by molar-refractivity contribution is -0.120. The molecule has 1 heterocycles. The number of amides is 1. The summed E-state index contributed by atoms with van der Waals surface area (Å²) in [6.45, 7) is 0.519. The standard InChI is InChI=1S/C18H18FNO3/c1-22-15-8-7-13-4-3-9-20(17(13)11-15)18(21)12-23-16-6-2-5-14(19)10-16/h2,5-8,10-11H,3-4,9,12H2,1H3. The van der Waals surface area contributed by atoms with Crippen LogP contribution in [0.3, 0.4) is 0 Å². The molecule has 5 heteroatoms. The number of ether oxygens (including phenoxy) is 2. The van der Waals surface area contributed by atoms with E-state index in [9.17, 15) is 9.18 Å². The Morgan fingerprint density at radius 3 is 2.87 bits per heavy atom. The molecule has 3 rings (SSSR count). The fourth-order valence-corrected chi connectivity index (χ4v) is 2.72. The number of methoxy groups -OCH3 is 1. The van der Waals surface area contributed by atoms with E-state index in [2.05, 4.69) is 0 Å². The zero-order valence-electron chi connectivity index (χ0n) is 12.9. The number of benzene rings is 2. The highest BCUT2D eigenvalue weighted by molar-refractivity contribution is 5.95. The summed E-state index contributed by atoms with van der Waals surface area (Å²) in [6, 6.07) is 11.5. The first kappa shape index (κ1) is 15.3. The molecular weight excluding hydrogens is 297 g/mol. The van der Waals surface area contributed by atoms with Crippen LogP contribution in [-0.4, -0.2) is 26.2 Å². The minimum Gasteiger partial charge on any atom is -0.497 e. The molecule has 0 saturated heterocycles. The summed E-state index contributed by atoms with van der Waals surface area (Å²) >= 11 is 0. The van der Waals surface area contributed by atoms with E-state index in [-0.39, 0.29) is 18.3 Å². The maximum Gasteiger partial charge on any atom is 0.264 e. The fourth-order valence-electron chi connectivity index (χ4n) is 2.72. The average Bonchev–Trinajstić information content (AvgIpc) is 2.58. The van der Waals surface area contributed by atoms with Crippen LogP contribution in [0.4, 0.5) is 10.1 Å². The quantitative estimate of drug-likeness (QED) is 0.870. The molecule has 0 aromatic heterocycles. The lowest BCUT2D eigenvalue weighted by Crippen LogP contribution is -2.38. The van der Waals surface area contributed by atoms with Crippen LogP contribution in [0.25, 0.3) is 0 Å². The third kappa shape index (κ3) is 3.44. The van der Waals surface area contributed by atoms with Crippen LogP contribution in [-0.2, 0) is 11.2 Å². The molecule has 0 aliphatic carbocycles. The Hall–Kier alpha value is -2.56.